The van der Waals surface area contributed by atoms with E-state index in [9.17, 15) is 14.7 Å². The zero-order chi connectivity index (χ0) is 31.6. The monoisotopic (exact) mass is 612 g/mol. The lowest BCUT2D eigenvalue weighted by Crippen LogP contribution is -2.51. The van der Waals surface area contributed by atoms with Crippen molar-refractivity contribution < 1.29 is 19.4 Å². The van der Waals surface area contributed by atoms with Crippen LogP contribution in [0.25, 0.3) is 11.1 Å². The Balaban J connectivity index is 1.32. The van der Waals surface area contributed by atoms with Gasteiger partial charge in [0.15, 0.2) is 0 Å². The molecule has 4 N–H and O–H groups in total. The molecule has 2 aromatic carbocycles. The molecule has 3 atom stereocenters. The molecular formula is C37H48N4O4. The maximum absolute atomic E-state index is 13.9. The summed E-state index contributed by atoms with van der Waals surface area (Å²) in [5, 5.41) is 17.1. The van der Waals surface area contributed by atoms with E-state index in [2.05, 4.69) is 70.7 Å². The molecule has 3 fully saturated rings. The zero-order valence-electron chi connectivity index (χ0n) is 26.7. The van der Waals surface area contributed by atoms with Gasteiger partial charge in [-0.05, 0) is 111 Å². The van der Waals surface area contributed by atoms with Crippen molar-refractivity contribution in [3.63, 3.8) is 0 Å². The summed E-state index contributed by atoms with van der Waals surface area (Å²) in [6.07, 6.45) is 13.3. The summed E-state index contributed by atoms with van der Waals surface area (Å²) in [4.78, 5) is 26.6. The SMILES string of the molecule is COc1ccc([C@H]2CC[C@H](CC3(c4cccc(-c5cnn(C6CC6)c5)c4)C[C@@H](C(N)=O)CC[C@@H]3C(=O)NCCO)CC2)cc1C. The fourth-order valence-corrected chi connectivity index (χ4v) is 8.32. The van der Waals surface area contributed by atoms with Gasteiger partial charge in [0.25, 0.3) is 0 Å². The number of amides is 2. The fraction of sp³-hybridized carbons (Fsp3) is 0.541. The molecule has 1 aromatic heterocycles. The number of carbonyl (C=O) groups excluding carboxylic acids is 2. The van der Waals surface area contributed by atoms with E-state index in [1.807, 2.05) is 6.20 Å². The fourth-order valence-electron chi connectivity index (χ4n) is 8.32. The first-order chi connectivity index (χ1) is 21.8. The van der Waals surface area contributed by atoms with Crippen molar-refractivity contribution in [3.05, 3.63) is 71.5 Å². The van der Waals surface area contributed by atoms with Crippen LogP contribution in [0.3, 0.4) is 0 Å². The van der Waals surface area contributed by atoms with E-state index in [0.717, 1.165) is 60.1 Å². The molecule has 0 radical (unpaired) electrons. The number of aromatic nitrogens is 2. The summed E-state index contributed by atoms with van der Waals surface area (Å²) < 4.78 is 7.55. The second-order valence-electron chi connectivity index (χ2n) is 13.8. The van der Waals surface area contributed by atoms with Crippen LogP contribution >= 0.6 is 0 Å². The van der Waals surface area contributed by atoms with Gasteiger partial charge in [-0.1, -0.05) is 36.4 Å². The van der Waals surface area contributed by atoms with E-state index in [1.54, 1.807) is 7.11 Å². The molecule has 2 amide bonds. The van der Waals surface area contributed by atoms with Crippen LogP contribution in [0.5, 0.6) is 5.75 Å². The molecule has 1 unspecified atom stereocenters. The highest BCUT2D eigenvalue weighted by atomic mass is 16.5. The molecule has 0 saturated heterocycles. The average molecular weight is 613 g/mol. The minimum Gasteiger partial charge on any atom is -0.496 e. The van der Waals surface area contributed by atoms with Crippen LogP contribution in [0.2, 0.25) is 0 Å². The average Bonchev–Trinajstić information content (AvgIpc) is 3.79. The van der Waals surface area contributed by atoms with Gasteiger partial charge in [-0.3, -0.25) is 14.3 Å². The highest BCUT2D eigenvalue weighted by Crippen LogP contribution is 2.53. The number of primary amides is 1. The maximum Gasteiger partial charge on any atom is 0.224 e. The summed E-state index contributed by atoms with van der Waals surface area (Å²) >= 11 is 0. The lowest BCUT2D eigenvalue weighted by Gasteiger charge is -2.48. The number of rotatable bonds is 11. The number of aliphatic hydroxyl groups excluding tert-OH is 1. The molecule has 0 spiro atoms. The zero-order valence-corrected chi connectivity index (χ0v) is 26.7. The summed E-state index contributed by atoms with van der Waals surface area (Å²) in [6.45, 7) is 2.21. The first-order valence-corrected chi connectivity index (χ1v) is 16.8. The Morgan fingerprint density at radius 1 is 1.04 bits per heavy atom. The number of aryl methyl sites for hydroxylation is 1. The summed E-state index contributed by atoms with van der Waals surface area (Å²) in [7, 11) is 1.71. The van der Waals surface area contributed by atoms with Gasteiger partial charge in [-0.2, -0.15) is 5.10 Å². The van der Waals surface area contributed by atoms with Crippen molar-refractivity contribution in [3.8, 4) is 16.9 Å². The molecule has 3 aromatic rings. The molecule has 6 rings (SSSR count). The molecule has 240 valence electrons. The standard InChI is InChI=1S/C37H48N4O4/c1-24-18-28(11-15-34(24)45-2)26-8-6-25(7-9-26)20-37(21-29(35(38)43)10-14-33(37)36(44)39-16-17-42)31-5-3-4-27(19-31)30-22-40-41(23-30)32-12-13-32/h3-5,11,15,18-19,22-23,25-26,29,32-33,42H,6-10,12-14,16-17,20-21H2,1-2H3,(H2,38,43)(H,39,44)/t25-,26-,29-,33+,37?/m0/s1. The quantitative estimate of drug-likeness (QED) is 0.252. The Morgan fingerprint density at radius 2 is 1.84 bits per heavy atom. The normalized spacial score (nSPS) is 26.7. The van der Waals surface area contributed by atoms with Crippen molar-refractivity contribution in [2.24, 2.45) is 23.5 Å². The van der Waals surface area contributed by atoms with Crippen molar-refractivity contribution in [2.45, 2.75) is 88.5 Å². The van der Waals surface area contributed by atoms with Crippen molar-refractivity contribution in [1.29, 1.82) is 0 Å². The second-order valence-corrected chi connectivity index (χ2v) is 13.8. The van der Waals surface area contributed by atoms with E-state index in [-0.39, 0.29) is 36.8 Å². The van der Waals surface area contributed by atoms with Gasteiger partial charge in [0, 0.05) is 35.6 Å². The first-order valence-electron chi connectivity index (χ1n) is 16.8. The Morgan fingerprint density at radius 3 is 2.53 bits per heavy atom. The number of hydrogen-bond acceptors (Lipinski definition) is 5. The van der Waals surface area contributed by atoms with Crippen LogP contribution in [0.4, 0.5) is 0 Å². The van der Waals surface area contributed by atoms with Gasteiger partial charge in [-0.15, -0.1) is 0 Å². The molecule has 0 aliphatic heterocycles. The molecule has 0 bridgehead atoms. The number of methoxy groups -OCH3 is 1. The van der Waals surface area contributed by atoms with E-state index in [1.165, 1.54) is 18.4 Å². The topological polar surface area (TPSA) is 119 Å². The lowest BCUT2D eigenvalue weighted by molar-refractivity contribution is -0.133. The smallest absolute Gasteiger partial charge is 0.224 e. The van der Waals surface area contributed by atoms with Crippen LogP contribution in [-0.2, 0) is 15.0 Å². The van der Waals surface area contributed by atoms with Gasteiger partial charge in [0.05, 0.1) is 26.0 Å². The first kappa shape index (κ1) is 31.3. The van der Waals surface area contributed by atoms with Gasteiger partial charge < -0.3 is 20.9 Å². The van der Waals surface area contributed by atoms with Crippen molar-refractivity contribution in [2.75, 3.05) is 20.3 Å². The van der Waals surface area contributed by atoms with Crippen LogP contribution in [0, 0.1) is 24.7 Å². The van der Waals surface area contributed by atoms with Gasteiger partial charge >= 0.3 is 0 Å². The van der Waals surface area contributed by atoms with Crippen LogP contribution in [-0.4, -0.2) is 47.0 Å². The van der Waals surface area contributed by atoms with E-state index in [4.69, 9.17) is 10.5 Å². The molecule has 3 aliphatic rings. The van der Waals surface area contributed by atoms with Gasteiger partial charge in [0.2, 0.25) is 11.8 Å². The number of benzene rings is 2. The Labute approximate surface area is 266 Å². The molecule has 8 nitrogen and oxygen atoms in total. The van der Waals surface area contributed by atoms with Crippen molar-refractivity contribution in [1.82, 2.24) is 15.1 Å². The number of nitrogens with zero attached hydrogens (tertiary/aromatic N) is 2. The molecule has 45 heavy (non-hydrogen) atoms. The minimum absolute atomic E-state index is 0.0404. The van der Waals surface area contributed by atoms with Crippen molar-refractivity contribution >= 4 is 11.8 Å². The molecule has 8 heteroatoms. The minimum atomic E-state index is -0.547. The highest BCUT2D eigenvalue weighted by Gasteiger charge is 2.50. The van der Waals surface area contributed by atoms with Gasteiger partial charge in [0.1, 0.15) is 5.75 Å². The van der Waals surface area contributed by atoms with Crippen LogP contribution in [0.1, 0.15) is 92.9 Å². The third-order valence-corrected chi connectivity index (χ3v) is 10.9. The van der Waals surface area contributed by atoms with E-state index < -0.39 is 5.41 Å². The molecule has 1 heterocycles. The summed E-state index contributed by atoms with van der Waals surface area (Å²) in [5.74, 6) is 0.916. The molecule has 3 aliphatic carbocycles. The largest absolute Gasteiger partial charge is 0.496 e. The second kappa shape index (κ2) is 13.4. The molecular weight excluding hydrogens is 564 g/mol. The summed E-state index contributed by atoms with van der Waals surface area (Å²) in [6, 6.07) is 15.6. The number of hydrogen-bond donors (Lipinski definition) is 3. The molecule has 3 saturated carbocycles. The predicted octanol–water partition coefficient (Wildman–Crippen LogP) is 5.81. The Hall–Kier alpha value is -3.65. The van der Waals surface area contributed by atoms with Gasteiger partial charge in [-0.25, -0.2) is 0 Å². The van der Waals surface area contributed by atoms with E-state index in [0.29, 0.717) is 37.1 Å². The van der Waals surface area contributed by atoms with Crippen LogP contribution < -0.4 is 15.8 Å². The number of nitrogens with two attached hydrogens (primary N) is 1. The van der Waals surface area contributed by atoms with E-state index >= 15 is 0 Å². The highest BCUT2D eigenvalue weighted by molar-refractivity contribution is 5.82. The summed E-state index contributed by atoms with van der Waals surface area (Å²) in [5.41, 5.74) is 11.2. The van der Waals surface area contributed by atoms with Crippen LogP contribution in [0.15, 0.2) is 54.9 Å². The number of carbonyl (C=O) groups is 2. The Bertz CT molecular complexity index is 1510. The Kier molecular flexibility index (Phi) is 9.31. The third-order valence-electron chi connectivity index (χ3n) is 10.9. The number of ether oxygens (including phenoxy) is 1. The lowest BCUT2D eigenvalue weighted by atomic mass is 9.55. The number of nitrogens with one attached hydrogen (secondary N) is 1. The number of aliphatic hydroxyl groups is 1. The predicted molar refractivity (Wildman–Crippen MR) is 175 cm³/mol. The maximum atomic E-state index is 13.9. The third kappa shape index (κ3) is 6.67.